The molecule has 1 atom stereocenters. The van der Waals surface area contributed by atoms with Gasteiger partial charge in [0, 0.05) is 35.7 Å². The van der Waals surface area contributed by atoms with Crippen LogP contribution >= 0.6 is 0 Å². The Hall–Kier alpha value is -3.23. The topological polar surface area (TPSA) is 79.6 Å². The molecule has 5 rings (SSSR count). The SMILES string of the molecule is O=C(Nc1cccc(N2CCOC(CO)C2)c1)c1nn(-c2ccccc2F)c2c1CCC2. The molecule has 2 aromatic carbocycles. The smallest absolute Gasteiger partial charge is 0.276 e. The number of fused-ring (bicyclic) bond motifs is 1. The summed E-state index contributed by atoms with van der Waals surface area (Å²) in [6.07, 6.45) is 2.22. The van der Waals surface area contributed by atoms with E-state index in [9.17, 15) is 14.3 Å². The molecule has 8 heteroatoms. The van der Waals surface area contributed by atoms with Crippen molar-refractivity contribution in [3.63, 3.8) is 0 Å². The number of rotatable bonds is 5. The number of ether oxygens (including phenoxy) is 1. The number of carbonyl (C=O) groups is 1. The molecular formula is C24H25FN4O3. The number of hydrogen-bond donors (Lipinski definition) is 2. The Labute approximate surface area is 185 Å². The number of halogens is 1. The van der Waals surface area contributed by atoms with E-state index in [0.29, 0.717) is 36.8 Å². The van der Waals surface area contributed by atoms with E-state index in [1.54, 1.807) is 22.9 Å². The number of aliphatic hydroxyl groups is 1. The predicted molar refractivity (Wildman–Crippen MR) is 119 cm³/mol. The zero-order valence-corrected chi connectivity index (χ0v) is 17.6. The van der Waals surface area contributed by atoms with Gasteiger partial charge in [-0.15, -0.1) is 0 Å². The maximum atomic E-state index is 14.4. The minimum absolute atomic E-state index is 0.0251. The summed E-state index contributed by atoms with van der Waals surface area (Å²) in [6.45, 7) is 1.83. The molecule has 0 bridgehead atoms. The van der Waals surface area contributed by atoms with Gasteiger partial charge in [0.2, 0.25) is 0 Å². The fourth-order valence-electron chi connectivity index (χ4n) is 4.48. The summed E-state index contributed by atoms with van der Waals surface area (Å²) >= 11 is 0. The third-order valence-electron chi connectivity index (χ3n) is 6.04. The molecule has 0 radical (unpaired) electrons. The van der Waals surface area contributed by atoms with Crippen LogP contribution in [0.25, 0.3) is 5.69 Å². The van der Waals surface area contributed by atoms with Crippen molar-refractivity contribution in [2.75, 3.05) is 36.5 Å². The van der Waals surface area contributed by atoms with Crippen LogP contribution < -0.4 is 10.2 Å². The first-order valence-electron chi connectivity index (χ1n) is 10.9. The van der Waals surface area contributed by atoms with E-state index in [2.05, 4.69) is 15.3 Å². The van der Waals surface area contributed by atoms with Gasteiger partial charge >= 0.3 is 0 Å². The summed E-state index contributed by atoms with van der Waals surface area (Å²) in [5.41, 5.74) is 4.10. The lowest BCUT2D eigenvalue weighted by Crippen LogP contribution is -2.44. The van der Waals surface area contributed by atoms with Crippen LogP contribution in [0.1, 0.15) is 28.2 Å². The van der Waals surface area contributed by atoms with E-state index in [0.717, 1.165) is 36.2 Å². The number of nitrogens with one attached hydrogen (secondary N) is 1. The molecule has 1 saturated heterocycles. The second-order valence-electron chi connectivity index (χ2n) is 8.12. The minimum Gasteiger partial charge on any atom is -0.394 e. The highest BCUT2D eigenvalue weighted by Crippen LogP contribution is 2.29. The predicted octanol–water partition coefficient (Wildman–Crippen LogP) is 2.95. The molecule has 1 unspecified atom stereocenters. The largest absolute Gasteiger partial charge is 0.394 e. The quantitative estimate of drug-likeness (QED) is 0.643. The molecule has 32 heavy (non-hydrogen) atoms. The Balaban J connectivity index is 1.39. The fourth-order valence-corrected chi connectivity index (χ4v) is 4.48. The van der Waals surface area contributed by atoms with E-state index in [1.165, 1.54) is 6.07 Å². The highest BCUT2D eigenvalue weighted by atomic mass is 19.1. The molecule has 3 aromatic rings. The van der Waals surface area contributed by atoms with Crippen LogP contribution in [0.15, 0.2) is 48.5 Å². The lowest BCUT2D eigenvalue weighted by atomic mass is 10.1. The maximum Gasteiger partial charge on any atom is 0.276 e. The second-order valence-corrected chi connectivity index (χ2v) is 8.12. The molecule has 166 valence electrons. The molecule has 1 aliphatic carbocycles. The number of anilines is 2. The third kappa shape index (κ3) is 3.87. The first-order valence-corrected chi connectivity index (χ1v) is 10.9. The van der Waals surface area contributed by atoms with Crippen LogP contribution in [0.5, 0.6) is 0 Å². The molecule has 1 fully saturated rings. The van der Waals surface area contributed by atoms with E-state index in [4.69, 9.17) is 4.74 Å². The first kappa shape index (κ1) is 20.7. The van der Waals surface area contributed by atoms with Gasteiger partial charge in [-0.25, -0.2) is 9.07 Å². The first-order chi connectivity index (χ1) is 15.6. The van der Waals surface area contributed by atoms with Crippen LogP contribution in [0.3, 0.4) is 0 Å². The van der Waals surface area contributed by atoms with Crippen LogP contribution in [-0.4, -0.2) is 53.2 Å². The van der Waals surface area contributed by atoms with Gasteiger partial charge in [0.1, 0.15) is 11.5 Å². The molecule has 1 aromatic heterocycles. The molecule has 2 aliphatic rings. The maximum absolute atomic E-state index is 14.4. The zero-order chi connectivity index (χ0) is 22.1. The lowest BCUT2D eigenvalue weighted by molar-refractivity contribution is 0.00357. The number of aromatic nitrogens is 2. The Bertz CT molecular complexity index is 1150. The second kappa shape index (κ2) is 8.72. The van der Waals surface area contributed by atoms with Gasteiger partial charge < -0.3 is 20.1 Å². The Kier molecular flexibility index (Phi) is 5.63. The molecule has 2 N–H and O–H groups in total. The summed E-state index contributed by atoms with van der Waals surface area (Å²) in [6, 6.07) is 14.1. The average Bonchev–Trinajstić information content (AvgIpc) is 3.43. The van der Waals surface area contributed by atoms with E-state index in [-0.39, 0.29) is 24.4 Å². The number of aliphatic hydroxyl groups excluding tert-OH is 1. The number of hydrogen-bond acceptors (Lipinski definition) is 5. The van der Waals surface area contributed by atoms with Gasteiger partial charge in [-0.05, 0) is 49.6 Å². The van der Waals surface area contributed by atoms with Crippen LogP contribution in [0.2, 0.25) is 0 Å². The highest BCUT2D eigenvalue weighted by Gasteiger charge is 2.28. The third-order valence-corrected chi connectivity index (χ3v) is 6.04. The number of morpholine rings is 1. The van der Waals surface area contributed by atoms with Gasteiger partial charge in [0.15, 0.2) is 5.69 Å². The van der Waals surface area contributed by atoms with Crippen molar-refractivity contribution < 1.29 is 19.0 Å². The molecule has 0 saturated carbocycles. The number of benzene rings is 2. The Morgan fingerprint density at radius 2 is 2.09 bits per heavy atom. The number of amides is 1. The summed E-state index contributed by atoms with van der Waals surface area (Å²) < 4.78 is 21.5. The van der Waals surface area contributed by atoms with Crippen molar-refractivity contribution >= 4 is 17.3 Å². The van der Waals surface area contributed by atoms with Gasteiger partial charge in [-0.3, -0.25) is 4.79 Å². The number of nitrogens with zero attached hydrogens (tertiary/aromatic N) is 3. The van der Waals surface area contributed by atoms with Crippen molar-refractivity contribution in [3.05, 3.63) is 71.3 Å². The van der Waals surface area contributed by atoms with E-state index in [1.807, 2.05) is 24.3 Å². The van der Waals surface area contributed by atoms with Crippen LogP contribution in [0, 0.1) is 5.82 Å². The molecule has 2 heterocycles. The van der Waals surface area contributed by atoms with Crippen molar-refractivity contribution in [3.8, 4) is 5.69 Å². The zero-order valence-electron chi connectivity index (χ0n) is 17.6. The lowest BCUT2D eigenvalue weighted by Gasteiger charge is -2.33. The normalized spacial score (nSPS) is 17.9. The molecule has 1 aliphatic heterocycles. The van der Waals surface area contributed by atoms with Gasteiger partial charge in [0.25, 0.3) is 5.91 Å². The highest BCUT2D eigenvalue weighted by molar-refractivity contribution is 6.04. The summed E-state index contributed by atoms with van der Waals surface area (Å²) in [5, 5.41) is 16.9. The Morgan fingerprint density at radius 1 is 1.22 bits per heavy atom. The molecule has 0 spiro atoms. The summed E-state index contributed by atoms with van der Waals surface area (Å²) in [4.78, 5) is 15.3. The van der Waals surface area contributed by atoms with Crippen molar-refractivity contribution in [2.45, 2.75) is 25.4 Å². The van der Waals surface area contributed by atoms with Crippen LogP contribution in [0.4, 0.5) is 15.8 Å². The number of carbonyl (C=O) groups excluding carboxylic acids is 1. The fraction of sp³-hybridized carbons (Fsp3) is 0.333. The van der Waals surface area contributed by atoms with Gasteiger partial charge in [-0.2, -0.15) is 5.10 Å². The minimum atomic E-state index is -0.365. The van der Waals surface area contributed by atoms with Crippen molar-refractivity contribution in [1.82, 2.24) is 9.78 Å². The van der Waals surface area contributed by atoms with E-state index >= 15 is 0 Å². The van der Waals surface area contributed by atoms with Gasteiger partial charge in [0.05, 0.1) is 19.3 Å². The number of para-hydroxylation sites is 1. The molecular weight excluding hydrogens is 411 g/mol. The van der Waals surface area contributed by atoms with E-state index < -0.39 is 0 Å². The van der Waals surface area contributed by atoms with Crippen molar-refractivity contribution in [2.24, 2.45) is 0 Å². The summed E-state index contributed by atoms with van der Waals surface area (Å²) in [7, 11) is 0. The average molecular weight is 436 g/mol. The standard InChI is InChI=1S/C24H25FN4O3/c25-20-8-1-2-9-22(20)29-21-10-4-7-19(21)23(27-29)24(31)26-16-5-3-6-17(13-16)28-11-12-32-18(14-28)15-30/h1-3,5-6,8-9,13,18,30H,4,7,10-12,14-15H2,(H,26,31). The monoisotopic (exact) mass is 436 g/mol. The Morgan fingerprint density at radius 3 is 2.94 bits per heavy atom. The van der Waals surface area contributed by atoms with Gasteiger partial charge in [-0.1, -0.05) is 18.2 Å². The van der Waals surface area contributed by atoms with Crippen LogP contribution in [-0.2, 0) is 17.6 Å². The van der Waals surface area contributed by atoms with Crippen molar-refractivity contribution in [1.29, 1.82) is 0 Å². The molecule has 1 amide bonds. The summed E-state index contributed by atoms with van der Waals surface area (Å²) in [5.74, 6) is -0.665. The molecule has 7 nitrogen and oxygen atoms in total.